The lowest BCUT2D eigenvalue weighted by Crippen LogP contribution is -2.16. The Bertz CT molecular complexity index is 3400. The number of anilines is 3. The van der Waals surface area contributed by atoms with Crippen LogP contribution >= 0.6 is 11.3 Å². The molecule has 0 unspecified atom stereocenters. The smallest absolute Gasteiger partial charge is 0.143 e. The standard InChI is InChI=1S/C53H35NOS/c1-53(2)43-15-8-7-14-40(43)49-44(53)16-9-17-45(49)54(37-23-20-33(21-24-37)36-19-18-32-10-3-4-12-35(32)30-36)38-25-27-41-48(31-38)56-47-29-28-46-50(51(41)47)42-26-22-34-11-5-6-13-39(34)52(42)55-46/h3-31H,1-2H3. The highest BCUT2D eigenvalue weighted by Crippen LogP contribution is 2.55. The van der Waals surface area contributed by atoms with Crippen molar-refractivity contribution in [1.29, 1.82) is 0 Å². The second-order valence-corrected chi connectivity index (χ2v) is 16.8. The fourth-order valence-electron chi connectivity index (χ4n) is 9.51. The normalized spacial score (nSPS) is 13.3. The van der Waals surface area contributed by atoms with Gasteiger partial charge in [0.2, 0.25) is 0 Å². The van der Waals surface area contributed by atoms with Crippen molar-refractivity contribution in [1.82, 2.24) is 0 Å². The van der Waals surface area contributed by atoms with Crippen molar-refractivity contribution in [2.45, 2.75) is 19.3 Å². The van der Waals surface area contributed by atoms with Crippen molar-refractivity contribution in [3.05, 3.63) is 187 Å². The number of thiophene rings is 1. The molecule has 0 N–H and O–H groups in total. The SMILES string of the molecule is CC1(C)c2ccccc2-c2c(N(c3ccc(-c4ccc5ccccc5c4)cc3)c3ccc4c(c3)sc3ccc5oc6c7ccccc7ccc6c5c34)cccc21. The summed E-state index contributed by atoms with van der Waals surface area (Å²) in [4.78, 5) is 2.47. The van der Waals surface area contributed by atoms with Gasteiger partial charge in [0.1, 0.15) is 11.2 Å². The summed E-state index contributed by atoms with van der Waals surface area (Å²) in [5.41, 5.74) is 13.0. The summed E-state index contributed by atoms with van der Waals surface area (Å²) >= 11 is 1.86. The van der Waals surface area contributed by atoms with Crippen LogP contribution in [0.3, 0.4) is 0 Å². The fraction of sp³-hybridized carbons (Fsp3) is 0.0566. The quantitative estimate of drug-likeness (QED) is 0.179. The maximum Gasteiger partial charge on any atom is 0.143 e. The van der Waals surface area contributed by atoms with Crippen LogP contribution in [-0.2, 0) is 5.41 Å². The molecule has 0 amide bonds. The van der Waals surface area contributed by atoms with Crippen molar-refractivity contribution in [2.75, 3.05) is 4.90 Å². The zero-order valence-corrected chi connectivity index (χ0v) is 31.8. The third kappa shape index (κ3) is 4.49. The lowest BCUT2D eigenvalue weighted by molar-refractivity contribution is 0.660. The second-order valence-electron chi connectivity index (χ2n) is 15.7. The van der Waals surface area contributed by atoms with Crippen molar-refractivity contribution < 1.29 is 4.42 Å². The molecule has 56 heavy (non-hydrogen) atoms. The Morgan fingerprint density at radius 1 is 0.482 bits per heavy atom. The number of furan rings is 1. The highest BCUT2D eigenvalue weighted by atomic mass is 32.1. The van der Waals surface area contributed by atoms with Gasteiger partial charge in [-0.05, 0) is 98.6 Å². The third-order valence-corrected chi connectivity index (χ3v) is 13.4. The van der Waals surface area contributed by atoms with E-state index in [1.807, 2.05) is 11.3 Å². The first-order chi connectivity index (χ1) is 27.5. The Balaban J connectivity index is 1.07. The molecule has 0 spiro atoms. The summed E-state index contributed by atoms with van der Waals surface area (Å²) in [6.45, 7) is 4.72. The minimum absolute atomic E-state index is 0.104. The van der Waals surface area contributed by atoms with Gasteiger partial charge in [-0.25, -0.2) is 0 Å². The van der Waals surface area contributed by atoms with Gasteiger partial charge in [-0.2, -0.15) is 0 Å². The van der Waals surface area contributed by atoms with E-state index in [0.717, 1.165) is 27.9 Å². The minimum atomic E-state index is -0.104. The maximum absolute atomic E-state index is 6.62. The molecule has 0 saturated carbocycles. The largest absolute Gasteiger partial charge is 0.455 e. The summed E-state index contributed by atoms with van der Waals surface area (Å²) in [6.07, 6.45) is 0. The Hall–Kier alpha value is -6.68. The molecule has 0 fully saturated rings. The molecule has 12 rings (SSSR count). The van der Waals surface area contributed by atoms with E-state index in [-0.39, 0.29) is 5.41 Å². The monoisotopic (exact) mass is 733 g/mol. The molecule has 0 aliphatic heterocycles. The first-order valence-electron chi connectivity index (χ1n) is 19.3. The van der Waals surface area contributed by atoms with E-state index in [1.54, 1.807) is 0 Å². The summed E-state index contributed by atoms with van der Waals surface area (Å²) < 4.78 is 9.14. The zero-order valence-electron chi connectivity index (χ0n) is 31.0. The molecular formula is C53H35NOS. The van der Waals surface area contributed by atoms with Crippen LogP contribution in [0.1, 0.15) is 25.0 Å². The molecule has 3 heteroatoms. The third-order valence-electron chi connectivity index (χ3n) is 12.2. The summed E-state index contributed by atoms with van der Waals surface area (Å²) in [6, 6.07) is 64.6. The Labute approximate surface area is 328 Å². The Morgan fingerprint density at radius 3 is 2.09 bits per heavy atom. The van der Waals surface area contributed by atoms with E-state index in [0.29, 0.717) is 0 Å². The van der Waals surface area contributed by atoms with Gasteiger partial charge in [0.05, 0.1) is 5.69 Å². The number of hydrogen-bond donors (Lipinski definition) is 0. The van der Waals surface area contributed by atoms with Crippen molar-refractivity contribution in [3.63, 3.8) is 0 Å². The van der Waals surface area contributed by atoms with Gasteiger partial charge >= 0.3 is 0 Å². The highest BCUT2D eigenvalue weighted by Gasteiger charge is 2.37. The number of nitrogens with zero attached hydrogens (tertiary/aromatic N) is 1. The van der Waals surface area contributed by atoms with Crippen LogP contribution in [-0.4, -0.2) is 0 Å². The molecule has 2 nitrogen and oxygen atoms in total. The number of hydrogen-bond acceptors (Lipinski definition) is 3. The van der Waals surface area contributed by atoms with E-state index in [2.05, 4.69) is 195 Å². The first kappa shape index (κ1) is 31.6. The van der Waals surface area contributed by atoms with Crippen LogP contribution in [0.15, 0.2) is 180 Å². The lowest BCUT2D eigenvalue weighted by atomic mass is 9.82. The van der Waals surface area contributed by atoms with E-state index in [4.69, 9.17) is 4.42 Å². The van der Waals surface area contributed by atoms with Gasteiger partial charge in [0, 0.05) is 58.7 Å². The molecule has 0 bridgehead atoms. The topological polar surface area (TPSA) is 16.4 Å². The Kier molecular flexibility index (Phi) is 6.59. The molecule has 2 aromatic heterocycles. The predicted molar refractivity (Wildman–Crippen MR) is 239 cm³/mol. The molecule has 0 atom stereocenters. The number of fused-ring (bicyclic) bond motifs is 13. The summed E-state index contributed by atoms with van der Waals surface area (Å²) in [5.74, 6) is 0. The van der Waals surface area contributed by atoms with E-state index < -0.39 is 0 Å². The number of rotatable bonds is 4. The van der Waals surface area contributed by atoms with Gasteiger partial charge in [-0.3, -0.25) is 0 Å². The van der Waals surface area contributed by atoms with Crippen molar-refractivity contribution >= 4 is 92.1 Å². The van der Waals surface area contributed by atoms with Gasteiger partial charge in [0.15, 0.2) is 0 Å². The van der Waals surface area contributed by atoms with E-state index >= 15 is 0 Å². The summed E-state index contributed by atoms with van der Waals surface area (Å²) in [5, 5.41) is 9.75. The highest BCUT2D eigenvalue weighted by molar-refractivity contribution is 7.26. The molecule has 1 aliphatic carbocycles. The van der Waals surface area contributed by atoms with Crippen LogP contribution in [0.2, 0.25) is 0 Å². The van der Waals surface area contributed by atoms with Crippen molar-refractivity contribution in [3.8, 4) is 22.3 Å². The molecular weight excluding hydrogens is 699 g/mol. The molecule has 2 heterocycles. The zero-order chi connectivity index (χ0) is 37.1. The molecule has 1 aliphatic rings. The predicted octanol–water partition coefficient (Wildman–Crippen LogP) is 15.7. The molecule has 0 saturated heterocycles. The Morgan fingerprint density at radius 2 is 1.20 bits per heavy atom. The van der Waals surface area contributed by atoms with Gasteiger partial charge in [0.25, 0.3) is 0 Å². The summed E-state index contributed by atoms with van der Waals surface area (Å²) in [7, 11) is 0. The average Bonchev–Trinajstić information content (AvgIpc) is 3.89. The average molecular weight is 734 g/mol. The van der Waals surface area contributed by atoms with Gasteiger partial charge in [-0.1, -0.05) is 135 Å². The molecule has 264 valence electrons. The van der Waals surface area contributed by atoms with E-state index in [9.17, 15) is 0 Å². The fourth-order valence-corrected chi connectivity index (χ4v) is 10.7. The van der Waals surface area contributed by atoms with Crippen LogP contribution < -0.4 is 4.90 Å². The van der Waals surface area contributed by atoms with Crippen LogP contribution in [0.4, 0.5) is 17.1 Å². The minimum Gasteiger partial charge on any atom is -0.455 e. The van der Waals surface area contributed by atoms with E-state index in [1.165, 1.54) is 86.2 Å². The van der Waals surface area contributed by atoms with Crippen LogP contribution in [0.5, 0.6) is 0 Å². The number of benzene rings is 9. The molecule has 9 aromatic carbocycles. The first-order valence-corrected chi connectivity index (χ1v) is 20.1. The van der Waals surface area contributed by atoms with Gasteiger partial charge in [-0.15, -0.1) is 11.3 Å². The molecule has 11 aromatic rings. The van der Waals surface area contributed by atoms with Gasteiger partial charge < -0.3 is 9.32 Å². The maximum atomic E-state index is 6.62. The second kappa shape index (κ2) is 11.7. The van der Waals surface area contributed by atoms with Crippen molar-refractivity contribution in [2.24, 2.45) is 0 Å². The lowest BCUT2D eigenvalue weighted by Gasteiger charge is -2.29. The van der Waals surface area contributed by atoms with Crippen LogP contribution in [0, 0.1) is 0 Å². The van der Waals surface area contributed by atoms with Crippen LogP contribution in [0.25, 0.3) is 85.9 Å². The molecule has 0 radical (unpaired) electrons.